The second kappa shape index (κ2) is 7.59. The number of nitrogens with two attached hydrogens (primary N) is 1. The molecular formula is C24H19F2N3O2. The molecule has 1 aromatic heterocycles. The Morgan fingerprint density at radius 3 is 2.55 bits per heavy atom. The van der Waals surface area contributed by atoms with Crippen molar-refractivity contribution < 1.29 is 18.3 Å². The van der Waals surface area contributed by atoms with E-state index in [0.717, 1.165) is 24.0 Å². The van der Waals surface area contributed by atoms with Gasteiger partial charge in [-0.05, 0) is 60.4 Å². The number of nitrogens with zero attached hydrogens (tertiary/aromatic N) is 1. The first-order valence-corrected chi connectivity index (χ1v) is 9.98. The van der Waals surface area contributed by atoms with Crippen LogP contribution in [0.2, 0.25) is 0 Å². The number of nitrogen functional groups attached to an aromatic ring is 1. The molecule has 1 amide bonds. The van der Waals surface area contributed by atoms with Crippen LogP contribution in [0.1, 0.15) is 18.4 Å². The molecule has 3 heterocycles. The molecule has 5 rings (SSSR count). The van der Waals surface area contributed by atoms with Crippen molar-refractivity contribution in [1.82, 2.24) is 4.98 Å². The van der Waals surface area contributed by atoms with Crippen molar-refractivity contribution >= 4 is 23.0 Å². The summed E-state index contributed by atoms with van der Waals surface area (Å²) < 4.78 is 34.7. The second-order valence-corrected chi connectivity index (χ2v) is 7.62. The number of amides is 1. The van der Waals surface area contributed by atoms with Crippen LogP contribution in [0.25, 0.3) is 16.7 Å². The van der Waals surface area contributed by atoms with Gasteiger partial charge in [0.15, 0.2) is 0 Å². The number of ether oxygens (including phenoxy) is 1. The standard InChI is InChI=1S/C24H19F2N3O2/c25-17-4-2-1-3-15(17)16-6-5-14(12-18(16)26)29-24(30)23-20-8-7-19(31-20)22(23)13-9-10-28-21(27)11-13/h1-6,9-12,19-20H,7-8H2,(H2,27,28)(H,29,30)/t19-,20-/m0/s1. The van der Waals surface area contributed by atoms with Crippen LogP contribution >= 0.6 is 0 Å². The highest BCUT2D eigenvalue weighted by molar-refractivity contribution is 6.11. The SMILES string of the molecule is Nc1cc(C2=C(C(=O)Nc3ccc(-c4ccccc4F)c(F)c3)[C@@H]3CC[C@@H]2O3)ccn1. The van der Waals surface area contributed by atoms with Crippen LogP contribution in [0.3, 0.4) is 0 Å². The van der Waals surface area contributed by atoms with Gasteiger partial charge in [-0.3, -0.25) is 4.79 Å². The molecule has 2 aliphatic rings. The van der Waals surface area contributed by atoms with E-state index >= 15 is 0 Å². The molecule has 156 valence electrons. The fraction of sp³-hybridized carbons (Fsp3) is 0.167. The zero-order valence-corrected chi connectivity index (χ0v) is 16.4. The molecule has 1 fully saturated rings. The van der Waals surface area contributed by atoms with Gasteiger partial charge in [0, 0.05) is 23.0 Å². The highest BCUT2D eigenvalue weighted by Gasteiger charge is 2.43. The Hall–Kier alpha value is -3.58. The Morgan fingerprint density at radius 1 is 1.00 bits per heavy atom. The molecule has 7 heteroatoms. The number of benzene rings is 2. The number of hydrogen-bond acceptors (Lipinski definition) is 4. The first kappa shape index (κ1) is 19.4. The Kier molecular flexibility index (Phi) is 4.75. The van der Waals surface area contributed by atoms with Gasteiger partial charge in [0.25, 0.3) is 5.91 Å². The minimum absolute atomic E-state index is 0.131. The number of nitrogens with one attached hydrogen (secondary N) is 1. The average Bonchev–Trinajstić information content (AvgIpc) is 3.36. The number of fused-ring (bicyclic) bond motifs is 2. The molecule has 1 saturated heterocycles. The van der Waals surface area contributed by atoms with E-state index in [9.17, 15) is 13.6 Å². The first-order valence-electron chi connectivity index (χ1n) is 9.98. The van der Waals surface area contributed by atoms with Crippen LogP contribution in [-0.4, -0.2) is 23.1 Å². The van der Waals surface area contributed by atoms with Crippen LogP contribution in [-0.2, 0) is 9.53 Å². The van der Waals surface area contributed by atoms with E-state index in [1.54, 1.807) is 36.5 Å². The van der Waals surface area contributed by atoms with Gasteiger partial charge in [0.05, 0.1) is 17.8 Å². The molecule has 5 nitrogen and oxygen atoms in total. The molecule has 2 aliphatic heterocycles. The molecule has 2 bridgehead atoms. The van der Waals surface area contributed by atoms with Crippen LogP contribution in [0, 0.1) is 11.6 Å². The Balaban J connectivity index is 1.46. The maximum absolute atomic E-state index is 14.7. The lowest BCUT2D eigenvalue weighted by Gasteiger charge is -2.17. The zero-order chi connectivity index (χ0) is 21.5. The number of rotatable bonds is 4. The Morgan fingerprint density at radius 2 is 1.77 bits per heavy atom. The number of pyridine rings is 1. The largest absolute Gasteiger partial charge is 0.384 e. The summed E-state index contributed by atoms with van der Waals surface area (Å²) in [6.07, 6.45) is 2.68. The third-order valence-corrected chi connectivity index (χ3v) is 5.68. The van der Waals surface area contributed by atoms with Crippen molar-refractivity contribution in [2.75, 3.05) is 11.1 Å². The van der Waals surface area contributed by atoms with Crippen molar-refractivity contribution in [3.8, 4) is 11.1 Å². The van der Waals surface area contributed by atoms with Gasteiger partial charge in [0.2, 0.25) is 0 Å². The fourth-order valence-electron chi connectivity index (χ4n) is 4.32. The van der Waals surface area contributed by atoms with Crippen molar-refractivity contribution in [3.63, 3.8) is 0 Å². The lowest BCUT2D eigenvalue weighted by molar-refractivity contribution is -0.113. The maximum atomic E-state index is 14.7. The van der Waals surface area contributed by atoms with Gasteiger partial charge in [-0.2, -0.15) is 0 Å². The predicted octanol–water partition coefficient (Wildman–Crippen LogP) is 4.56. The number of carbonyl (C=O) groups is 1. The summed E-state index contributed by atoms with van der Waals surface area (Å²) in [7, 11) is 0. The molecule has 3 aromatic rings. The van der Waals surface area contributed by atoms with Crippen molar-refractivity contribution in [3.05, 3.63) is 83.6 Å². The molecule has 0 aliphatic carbocycles. The third-order valence-electron chi connectivity index (χ3n) is 5.68. The number of aromatic nitrogens is 1. The van der Waals surface area contributed by atoms with E-state index in [4.69, 9.17) is 10.5 Å². The summed E-state index contributed by atoms with van der Waals surface area (Å²) in [6, 6.07) is 13.7. The lowest BCUT2D eigenvalue weighted by atomic mass is 9.87. The van der Waals surface area contributed by atoms with E-state index in [0.29, 0.717) is 11.4 Å². The molecule has 0 saturated carbocycles. The molecule has 2 atom stereocenters. The molecule has 0 radical (unpaired) electrons. The lowest BCUT2D eigenvalue weighted by Crippen LogP contribution is -2.23. The van der Waals surface area contributed by atoms with Crippen molar-refractivity contribution in [2.45, 2.75) is 25.0 Å². The number of hydrogen-bond donors (Lipinski definition) is 2. The monoisotopic (exact) mass is 419 g/mol. The highest BCUT2D eigenvalue weighted by Crippen LogP contribution is 2.44. The van der Waals surface area contributed by atoms with E-state index in [-0.39, 0.29) is 34.9 Å². The van der Waals surface area contributed by atoms with Crippen LogP contribution in [0.4, 0.5) is 20.3 Å². The summed E-state index contributed by atoms with van der Waals surface area (Å²) >= 11 is 0. The highest BCUT2D eigenvalue weighted by atomic mass is 19.1. The number of carbonyl (C=O) groups excluding carboxylic acids is 1. The van der Waals surface area contributed by atoms with Crippen LogP contribution < -0.4 is 11.1 Å². The molecule has 31 heavy (non-hydrogen) atoms. The predicted molar refractivity (Wildman–Crippen MR) is 114 cm³/mol. The van der Waals surface area contributed by atoms with E-state index < -0.39 is 11.6 Å². The first-order chi connectivity index (χ1) is 15.0. The molecule has 2 aromatic carbocycles. The van der Waals surface area contributed by atoms with Crippen LogP contribution in [0.15, 0.2) is 66.4 Å². The van der Waals surface area contributed by atoms with E-state index in [2.05, 4.69) is 10.3 Å². The van der Waals surface area contributed by atoms with E-state index in [1.165, 1.54) is 24.3 Å². The Labute approximate surface area is 177 Å². The van der Waals surface area contributed by atoms with Gasteiger partial charge in [0.1, 0.15) is 17.5 Å². The normalized spacial score (nSPS) is 19.7. The summed E-state index contributed by atoms with van der Waals surface area (Å²) in [5.41, 5.74) is 8.52. The summed E-state index contributed by atoms with van der Waals surface area (Å²) in [4.78, 5) is 17.1. The number of anilines is 2. The maximum Gasteiger partial charge on any atom is 0.254 e. The minimum atomic E-state index is -0.622. The summed E-state index contributed by atoms with van der Waals surface area (Å²) in [5.74, 6) is -1.12. The topological polar surface area (TPSA) is 77.2 Å². The van der Waals surface area contributed by atoms with Gasteiger partial charge in [-0.25, -0.2) is 13.8 Å². The molecular weight excluding hydrogens is 400 g/mol. The van der Waals surface area contributed by atoms with Gasteiger partial charge >= 0.3 is 0 Å². The average molecular weight is 419 g/mol. The second-order valence-electron chi connectivity index (χ2n) is 7.62. The van der Waals surface area contributed by atoms with E-state index in [1.807, 2.05) is 0 Å². The summed E-state index contributed by atoms with van der Waals surface area (Å²) in [5, 5.41) is 2.76. The van der Waals surface area contributed by atoms with Gasteiger partial charge < -0.3 is 15.8 Å². The van der Waals surface area contributed by atoms with Crippen LogP contribution in [0.5, 0.6) is 0 Å². The summed E-state index contributed by atoms with van der Waals surface area (Å²) in [6.45, 7) is 0. The Bertz CT molecular complexity index is 1220. The van der Waals surface area contributed by atoms with Gasteiger partial charge in [-0.15, -0.1) is 0 Å². The smallest absolute Gasteiger partial charge is 0.254 e. The molecule has 0 spiro atoms. The third kappa shape index (κ3) is 3.47. The van der Waals surface area contributed by atoms with Gasteiger partial charge in [-0.1, -0.05) is 18.2 Å². The minimum Gasteiger partial charge on any atom is -0.384 e. The molecule has 0 unspecified atom stereocenters. The fourth-order valence-corrected chi connectivity index (χ4v) is 4.32. The van der Waals surface area contributed by atoms with Crippen molar-refractivity contribution in [2.24, 2.45) is 0 Å². The quantitative estimate of drug-likeness (QED) is 0.650. The molecule has 3 N–H and O–H groups in total. The number of halogens is 2. The zero-order valence-electron chi connectivity index (χ0n) is 16.4. The van der Waals surface area contributed by atoms with Crippen molar-refractivity contribution in [1.29, 1.82) is 0 Å².